The van der Waals surface area contributed by atoms with Gasteiger partial charge in [-0.15, -0.1) is 11.8 Å². The highest BCUT2D eigenvalue weighted by Gasteiger charge is 2.23. The number of carbonyl (C=O) groups excluding carboxylic acids is 1. The molecule has 0 bridgehead atoms. The van der Waals surface area contributed by atoms with Gasteiger partial charge in [-0.1, -0.05) is 29.8 Å². The molecule has 126 valence electrons. The molecule has 1 aliphatic rings. The normalized spacial score (nSPS) is 16.3. The molecule has 1 aliphatic heterocycles. The van der Waals surface area contributed by atoms with Gasteiger partial charge in [0.05, 0.1) is 6.04 Å². The molecular formula is C20H16ClNO2S. The van der Waals surface area contributed by atoms with E-state index in [4.69, 9.17) is 16.0 Å². The van der Waals surface area contributed by atoms with Gasteiger partial charge in [-0.3, -0.25) is 4.79 Å². The molecule has 0 spiro atoms. The number of halogens is 1. The van der Waals surface area contributed by atoms with E-state index < -0.39 is 0 Å². The Kier molecular flexibility index (Phi) is 4.55. The Labute approximate surface area is 155 Å². The Morgan fingerprint density at radius 2 is 1.88 bits per heavy atom. The molecule has 25 heavy (non-hydrogen) atoms. The van der Waals surface area contributed by atoms with Crippen LogP contribution in [0.5, 0.6) is 0 Å². The Morgan fingerprint density at radius 1 is 1.08 bits per heavy atom. The molecule has 2 heterocycles. The standard InChI is InChI=1S/C20H16ClNO2S/c21-14-7-5-13(6-8-14)17-9-10-18(24-17)20(23)22-16-11-12-25-19-4-2-1-3-15(16)19/h1-10,16H,11-12H2,(H,22,23). The monoisotopic (exact) mass is 369 g/mol. The zero-order valence-electron chi connectivity index (χ0n) is 13.4. The van der Waals surface area contributed by atoms with E-state index in [9.17, 15) is 4.79 Å². The predicted octanol–water partition coefficient (Wildman–Crippen LogP) is 5.57. The first-order valence-corrected chi connectivity index (χ1v) is 9.45. The van der Waals surface area contributed by atoms with Gasteiger partial charge in [0.25, 0.3) is 5.91 Å². The van der Waals surface area contributed by atoms with Gasteiger partial charge in [0.1, 0.15) is 5.76 Å². The molecule has 2 aromatic carbocycles. The summed E-state index contributed by atoms with van der Waals surface area (Å²) in [5.74, 6) is 1.78. The number of thioether (sulfide) groups is 1. The van der Waals surface area contributed by atoms with Crippen LogP contribution in [0.2, 0.25) is 5.02 Å². The first-order valence-electron chi connectivity index (χ1n) is 8.09. The molecule has 3 nitrogen and oxygen atoms in total. The van der Waals surface area contributed by atoms with Crippen LogP contribution in [0.25, 0.3) is 11.3 Å². The summed E-state index contributed by atoms with van der Waals surface area (Å²) in [6.45, 7) is 0. The molecule has 5 heteroatoms. The SMILES string of the molecule is O=C(NC1CCSc2ccccc21)c1ccc(-c2ccc(Cl)cc2)o1. The van der Waals surface area contributed by atoms with Crippen molar-refractivity contribution in [3.05, 3.63) is 77.0 Å². The number of carbonyl (C=O) groups is 1. The lowest BCUT2D eigenvalue weighted by Crippen LogP contribution is -2.30. The average molecular weight is 370 g/mol. The fourth-order valence-corrected chi connectivity index (χ4v) is 4.20. The van der Waals surface area contributed by atoms with Gasteiger partial charge in [-0.25, -0.2) is 0 Å². The van der Waals surface area contributed by atoms with Crippen molar-refractivity contribution in [2.75, 3.05) is 5.75 Å². The van der Waals surface area contributed by atoms with Crippen molar-refractivity contribution in [1.82, 2.24) is 5.32 Å². The van der Waals surface area contributed by atoms with E-state index in [1.807, 2.05) is 42.1 Å². The van der Waals surface area contributed by atoms with Crippen LogP contribution in [-0.2, 0) is 0 Å². The highest BCUT2D eigenvalue weighted by Crippen LogP contribution is 2.36. The van der Waals surface area contributed by atoms with Crippen molar-refractivity contribution in [1.29, 1.82) is 0 Å². The molecule has 0 saturated heterocycles. The first-order chi connectivity index (χ1) is 12.2. The van der Waals surface area contributed by atoms with Gasteiger partial charge in [-0.05, 0) is 54.4 Å². The predicted molar refractivity (Wildman–Crippen MR) is 101 cm³/mol. The second-order valence-electron chi connectivity index (χ2n) is 5.87. The van der Waals surface area contributed by atoms with Gasteiger partial charge in [-0.2, -0.15) is 0 Å². The van der Waals surface area contributed by atoms with Gasteiger partial charge in [0.15, 0.2) is 5.76 Å². The molecule has 1 unspecified atom stereocenters. The van der Waals surface area contributed by atoms with E-state index in [0.29, 0.717) is 16.5 Å². The number of fused-ring (bicyclic) bond motifs is 1. The number of benzene rings is 2. The summed E-state index contributed by atoms with van der Waals surface area (Å²) >= 11 is 7.74. The number of hydrogen-bond donors (Lipinski definition) is 1. The van der Waals surface area contributed by atoms with E-state index in [1.54, 1.807) is 18.2 Å². The third-order valence-electron chi connectivity index (χ3n) is 4.22. The number of rotatable bonds is 3. The summed E-state index contributed by atoms with van der Waals surface area (Å²) in [6.07, 6.45) is 0.915. The lowest BCUT2D eigenvalue weighted by molar-refractivity contribution is 0.0907. The van der Waals surface area contributed by atoms with E-state index in [1.165, 1.54) is 10.5 Å². The number of furan rings is 1. The van der Waals surface area contributed by atoms with Crippen LogP contribution < -0.4 is 5.32 Å². The van der Waals surface area contributed by atoms with E-state index in [0.717, 1.165) is 17.7 Å². The van der Waals surface area contributed by atoms with Crippen molar-refractivity contribution in [2.24, 2.45) is 0 Å². The maximum atomic E-state index is 12.6. The maximum Gasteiger partial charge on any atom is 0.287 e. The molecule has 1 amide bonds. The molecule has 1 atom stereocenters. The van der Waals surface area contributed by atoms with Gasteiger partial charge < -0.3 is 9.73 Å². The number of nitrogens with one attached hydrogen (secondary N) is 1. The Hall–Kier alpha value is -2.17. The second kappa shape index (κ2) is 6.98. The van der Waals surface area contributed by atoms with E-state index >= 15 is 0 Å². The van der Waals surface area contributed by atoms with E-state index in [-0.39, 0.29) is 11.9 Å². The highest BCUT2D eigenvalue weighted by atomic mass is 35.5. The zero-order chi connectivity index (χ0) is 17.2. The van der Waals surface area contributed by atoms with Crippen molar-refractivity contribution in [2.45, 2.75) is 17.4 Å². The molecule has 0 saturated carbocycles. The summed E-state index contributed by atoms with van der Waals surface area (Å²) in [6, 6.07) is 19.1. The lowest BCUT2D eigenvalue weighted by atomic mass is 10.0. The van der Waals surface area contributed by atoms with Gasteiger partial charge in [0, 0.05) is 21.2 Å². The summed E-state index contributed by atoms with van der Waals surface area (Å²) in [7, 11) is 0. The third kappa shape index (κ3) is 3.46. The van der Waals surface area contributed by atoms with Crippen LogP contribution in [-0.4, -0.2) is 11.7 Å². The first kappa shape index (κ1) is 16.3. The molecule has 1 N–H and O–H groups in total. The Bertz CT molecular complexity index is 904. The smallest absolute Gasteiger partial charge is 0.287 e. The number of hydrogen-bond acceptors (Lipinski definition) is 3. The molecule has 1 aromatic heterocycles. The summed E-state index contributed by atoms with van der Waals surface area (Å²) in [5.41, 5.74) is 2.07. The summed E-state index contributed by atoms with van der Waals surface area (Å²) in [5, 5.41) is 3.77. The van der Waals surface area contributed by atoms with Crippen LogP contribution in [0.4, 0.5) is 0 Å². The minimum Gasteiger partial charge on any atom is -0.451 e. The maximum absolute atomic E-state index is 12.6. The largest absolute Gasteiger partial charge is 0.451 e. The fourth-order valence-electron chi connectivity index (χ4n) is 2.95. The Morgan fingerprint density at radius 3 is 2.72 bits per heavy atom. The van der Waals surface area contributed by atoms with Crippen LogP contribution >= 0.6 is 23.4 Å². The minimum absolute atomic E-state index is 0.0223. The fraction of sp³-hybridized carbons (Fsp3) is 0.150. The second-order valence-corrected chi connectivity index (χ2v) is 7.44. The van der Waals surface area contributed by atoms with Gasteiger partial charge >= 0.3 is 0 Å². The van der Waals surface area contributed by atoms with Crippen LogP contribution in [0.1, 0.15) is 28.6 Å². The lowest BCUT2D eigenvalue weighted by Gasteiger charge is -2.25. The average Bonchev–Trinajstić information content (AvgIpc) is 3.13. The van der Waals surface area contributed by atoms with Crippen LogP contribution in [0.3, 0.4) is 0 Å². The molecule has 0 radical (unpaired) electrons. The van der Waals surface area contributed by atoms with Crippen molar-refractivity contribution < 1.29 is 9.21 Å². The van der Waals surface area contributed by atoms with Crippen molar-refractivity contribution in [3.8, 4) is 11.3 Å². The topological polar surface area (TPSA) is 42.2 Å². The number of amides is 1. The third-order valence-corrected chi connectivity index (χ3v) is 5.60. The molecule has 4 rings (SSSR count). The Balaban J connectivity index is 1.52. The summed E-state index contributed by atoms with van der Waals surface area (Å²) in [4.78, 5) is 13.8. The van der Waals surface area contributed by atoms with Crippen molar-refractivity contribution >= 4 is 29.3 Å². The highest BCUT2D eigenvalue weighted by molar-refractivity contribution is 7.99. The summed E-state index contributed by atoms with van der Waals surface area (Å²) < 4.78 is 5.74. The van der Waals surface area contributed by atoms with Crippen LogP contribution in [0, 0.1) is 0 Å². The molecule has 3 aromatic rings. The zero-order valence-corrected chi connectivity index (χ0v) is 14.9. The molecule has 0 fully saturated rings. The van der Waals surface area contributed by atoms with Gasteiger partial charge in [0.2, 0.25) is 0 Å². The van der Waals surface area contributed by atoms with Crippen LogP contribution in [0.15, 0.2) is 70.0 Å². The quantitative estimate of drug-likeness (QED) is 0.656. The minimum atomic E-state index is -0.188. The van der Waals surface area contributed by atoms with Crippen molar-refractivity contribution in [3.63, 3.8) is 0 Å². The molecule has 0 aliphatic carbocycles. The molecular weight excluding hydrogens is 354 g/mol. The van der Waals surface area contributed by atoms with E-state index in [2.05, 4.69) is 17.4 Å².